The van der Waals surface area contributed by atoms with Crippen LogP contribution in [0.5, 0.6) is 0 Å². The third-order valence-corrected chi connectivity index (χ3v) is 7.34. The Morgan fingerprint density at radius 3 is 2.97 bits per heavy atom. The lowest BCUT2D eigenvalue weighted by Crippen LogP contribution is -2.33. The Labute approximate surface area is 202 Å². The third kappa shape index (κ3) is 4.96. The van der Waals surface area contributed by atoms with E-state index < -0.39 is 0 Å². The first-order chi connectivity index (χ1) is 16.6. The molecule has 1 N–H and O–H groups in total. The zero-order valence-corrected chi connectivity index (χ0v) is 20.4. The van der Waals surface area contributed by atoms with Crippen molar-refractivity contribution in [3.63, 3.8) is 0 Å². The van der Waals surface area contributed by atoms with Gasteiger partial charge in [0.1, 0.15) is 0 Å². The number of H-pyrrole nitrogens is 1. The van der Waals surface area contributed by atoms with Crippen LogP contribution in [0.25, 0.3) is 10.9 Å². The number of aromatic nitrogens is 5. The number of rotatable bonds is 9. The highest BCUT2D eigenvalue weighted by Gasteiger charge is 2.28. The van der Waals surface area contributed by atoms with Crippen LogP contribution in [0.4, 0.5) is 0 Å². The minimum atomic E-state index is -0.0543. The van der Waals surface area contributed by atoms with Gasteiger partial charge >= 0.3 is 0 Å². The van der Waals surface area contributed by atoms with E-state index in [9.17, 15) is 4.79 Å². The highest BCUT2D eigenvalue weighted by molar-refractivity contribution is 7.09. The standard InChI is InChI=1S/C25H30N6O2S/c1-3-23(24-27-28-29-31(24)15-20-6-4-10-33-20)30(16-21-7-5-11-34-21)14-19-13-18-12-17(2)8-9-22(18)26-25(19)32/h5,7-9,11-13,20,23H,3-4,6,10,14-16H2,1-2H3,(H,26,32). The predicted molar refractivity (Wildman–Crippen MR) is 133 cm³/mol. The van der Waals surface area contributed by atoms with Gasteiger partial charge in [0, 0.05) is 35.7 Å². The Morgan fingerprint density at radius 2 is 2.21 bits per heavy atom. The van der Waals surface area contributed by atoms with Gasteiger partial charge in [-0.1, -0.05) is 24.6 Å². The van der Waals surface area contributed by atoms with Gasteiger partial charge in [-0.05, 0) is 71.6 Å². The Balaban J connectivity index is 1.48. The summed E-state index contributed by atoms with van der Waals surface area (Å²) in [6, 6.07) is 12.3. The van der Waals surface area contributed by atoms with Crippen molar-refractivity contribution in [3.05, 3.63) is 74.0 Å². The molecule has 9 heteroatoms. The molecular formula is C25H30N6O2S. The minimum absolute atomic E-state index is 0.0360. The second kappa shape index (κ2) is 10.2. The normalized spacial score (nSPS) is 17.1. The molecule has 0 saturated carbocycles. The number of nitrogens with zero attached hydrogens (tertiary/aromatic N) is 5. The first-order valence-corrected chi connectivity index (χ1v) is 12.8. The van der Waals surface area contributed by atoms with E-state index in [1.165, 1.54) is 10.4 Å². The molecule has 1 fully saturated rings. The van der Waals surface area contributed by atoms with Crippen LogP contribution in [0.2, 0.25) is 0 Å². The van der Waals surface area contributed by atoms with Crippen LogP contribution in [0.3, 0.4) is 0 Å². The van der Waals surface area contributed by atoms with Crippen LogP contribution in [0.15, 0.2) is 46.6 Å². The summed E-state index contributed by atoms with van der Waals surface area (Å²) in [5, 5.41) is 15.8. The van der Waals surface area contributed by atoms with Crippen molar-refractivity contribution in [2.45, 2.75) is 64.9 Å². The molecule has 0 amide bonds. The van der Waals surface area contributed by atoms with E-state index in [1.807, 2.05) is 22.9 Å². The lowest BCUT2D eigenvalue weighted by atomic mass is 10.1. The average molecular weight is 479 g/mol. The number of hydrogen-bond acceptors (Lipinski definition) is 7. The monoisotopic (exact) mass is 478 g/mol. The lowest BCUT2D eigenvalue weighted by Gasteiger charge is -2.30. The van der Waals surface area contributed by atoms with Crippen LogP contribution in [-0.2, 0) is 24.4 Å². The highest BCUT2D eigenvalue weighted by Crippen LogP contribution is 2.28. The van der Waals surface area contributed by atoms with Crippen LogP contribution < -0.4 is 5.56 Å². The molecule has 0 spiro atoms. The van der Waals surface area contributed by atoms with E-state index in [1.54, 1.807) is 11.3 Å². The number of tetrazole rings is 1. The van der Waals surface area contributed by atoms with Crippen LogP contribution >= 0.6 is 11.3 Å². The number of hydrogen-bond donors (Lipinski definition) is 1. The molecule has 2 unspecified atom stereocenters. The maximum Gasteiger partial charge on any atom is 0.252 e. The second-order valence-electron chi connectivity index (χ2n) is 8.98. The van der Waals surface area contributed by atoms with Crippen molar-refractivity contribution in [2.75, 3.05) is 6.61 Å². The number of nitrogens with one attached hydrogen (secondary N) is 1. The number of benzene rings is 1. The maximum atomic E-state index is 13.0. The molecule has 5 rings (SSSR count). The minimum Gasteiger partial charge on any atom is -0.376 e. The van der Waals surface area contributed by atoms with Gasteiger partial charge in [-0.2, -0.15) is 0 Å². The highest BCUT2D eigenvalue weighted by atomic mass is 32.1. The molecule has 2 atom stereocenters. The molecule has 4 heterocycles. The summed E-state index contributed by atoms with van der Waals surface area (Å²) >= 11 is 1.72. The van der Waals surface area contributed by atoms with Crippen molar-refractivity contribution in [3.8, 4) is 0 Å². The number of ether oxygens (including phenoxy) is 1. The molecule has 0 bridgehead atoms. The van der Waals surface area contributed by atoms with Crippen molar-refractivity contribution >= 4 is 22.2 Å². The van der Waals surface area contributed by atoms with Gasteiger partial charge < -0.3 is 9.72 Å². The topological polar surface area (TPSA) is 88.9 Å². The number of pyridine rings is 1. The summed E-state index contributed by atoms with van der Waals surface area (Å²) < 4.78 is 7.72. The average Bonchev–Trinajstić information content (AvgIpc) is 3.60. The van der Waals surface area contributed by atoms with E-state index in [0.29, 0.717) is 19.6 Å². The summed E-state index contributed by atoms with van der Waals surface area (Å²) in [5.74, 6) is 0.822. The Bertz CT molecular complexity index is 1290. The largest absolute Gasteiger partial charge is 0.376 e. The first kappa shape index (κ1) is 22.9. The summed E-state index contributed by atoms with van der Waals surface area (Å²) in [5.41, 5.74) is 2.71. The van der Waals surface area contributed by atoms with Crippen molar-refractivity contribution in [2.24, 2.45) is 0 Å². The van der Waals surface area contributed by atoms with Gasteiger partial charge in [0.25, 0.3) is 5.56 Å². The number of fused-ring (bicyclic) bond motifs is 1. The van der Waals surface area contributed by atoms with Crippen LogP contribution in [0, 0.1) is 6.92 Å². The SMILES string of the molecule is CCC(c1nnnn1CC1CCCO1)N(Cc1cccs1)Cc1cc2cc(C)ccc2[nH]c1=O. The third-order valence-electron chi connectivity index (χ3n) is 6.47. The van der Waals surface area contributed by atoms with Gasteiger partial charge in [-0.3, -0.25) is 9.69 Å². The fourth-order valence-corrected chi connectivity index (χ4v) is 5.48. The van der Waals surface area contributed by atoms with Crippen molar-refractivity contribution < 1.29 is 4.74 Å². The lowest BCUT2D eigenvalue weighted by molar-refractivity contribution is 0.0889. The van der Waals surface area contributed by atoms with Gasteiger partial charge in [-0.15, -0.1) is 16.4 Å². The molecule has 0 radical (unpaired) electrons. The van der Waals surface area contributed by atoms with E-state index in [0.717, 1.165) is 48.2 Å². The Morgan fingerprint density at radius 1 is 1.29 bits per heavy atom. The number of aromatic amines is 1. The Hall–Kier alpha value is -2.88. The molecule has 1 aliphatic rings. The maximum absolute atomic E-state index is 13.0. The molecule has 3 aromatic heterocycles. The predicted octanol–water partition coefficient (Wildman–Crippen LogP) is 4.22. The fraction of sp³-hybridized carbons (Fsp3) is 0.440. The van der Waals surface area contributed by atoms with E-state index >= 15 is 0 Å². The van der Waals surface area contributed by atoms with Gasteiger partial charge in [-0.25, -0.2) is 4.68 Å². The summed E-state index contributed by atoms with van der Waals surface area (Å²) in [6.07, 6.45) is 3.08. The molecule has 34 heavy (non-hydrogen) atoms. The van der Waals surface area contributed by atoms with Gasteiger partial charge in [0.05, 0.1) is 18.7 Å². The fourth-order valence-electron chi connectivity index (χ4n) is 4.75. The molecule has 178 valence electrons. The molecule has 4 aromatic rings. The molecule has 1 saturated heterocycles. The molecule has 0 aliphatic carbocycles. The van der Waals surface area contributed by atoms with E-state index in [4.69, 9.17) is 4.74 Å². The molecule has 1 aliphatic heterocycles. The quantitative estimate of drug-likeness (QED) is 0.388. The molecular weight excluding hydrogens is 448 g/mol. The summed E-state index contributed by atoms with van der Waals surface area (Å²) in [4.78, 5) is 19.6. The van der Waals surface area contributed by atoms with Crippen LogP contribution in [-0.4, -0.2) is 42.8 Å². The van der Waals surface area contributed by atoms with Crippen molar-refractivity contribution in [1.82, 2.24) is 30.1 Å². The van der Waals surface area contributed by atoms with Gasteiger partial charge in [0.15, 0.2) is 5.82 Å². The van der Waals surface area contributed by atoms with Crippen LogP contribution in [0.1, 0.15) is 54.1 Å². The second-order valence-corrected chi connectivity index (χ2v) is 10.0. The van der Waals surface area contributed by atoms with Crippen molar-refractivity contribution in [1.29, 1.82) is 0 Å². The van der Waals surface area contributed by atoms with E-state index in [-0.39, 0.29) is 17.7 Å². The zero-order chi connectivity index (χ0) is 23.5. The molecule has 8 nitrogen and oxygen atoms in total. The first-order valence-electron chi connectivity index (χ1n) is 11.9. The smallest absolute Gasteiger partial charge is 0.252 e. The number of aryl methyl sites for hydroxylation is 1. The summed E-state index contributed by atoms with van der Waals surface area (Å²) in [6.45, 7) is 6.88. The number of thiophene rings is 1. The zero-order valence-electron chi connectivity index (χ0n) is 19.6. The van der Waals surface area contributed by atoms with E-state index in [2.05, 4.69) is 62.8 Å². The summed E-state index contributed by atoms with van der Waals surface area (Å²) in [7, 11) is 0. The molecule has 1 aromatic carbocycles. The Kier molecular flexibility index (Phi) is 6.85. The van der Waals surface area contributed by atoms with Gasteiger partial charge in [0.2, 0.25) is 0 Å².